The van der Waals surface area contributed by atoms with Gasteiger partial charge >= 0.3 is 0 Å². The average Bonchev–Trinajstić information content (AvgIpc) is 2.19. The van der Waals surface area contributed by atoms with Gasteiger partial charge in [0.2, 0.25) is 5.91 Å². The van der Waals surface area contributed by atoms with Gasteiger partial charge in [0.05, 0.1) is 5.41 Å². The van der Waals surface area contributed by atoms with Crippen LogP contribution in [0.15, 0.2) is 24.5 Å². The molecule has 0 bridgehead atoms. The van der Waals surface area contributed by atoms with Crippen LogP contribution in [-0.4, -0.2) is 17.9 Å². The number of hydrogen-bond donors (Lipinski definition) is 2. The lowest BCUT2D eigenvalue weighted by Crippen LogP contribution is -2.45. The second kappa shape index (κ2) is 4.19. The highest BCUT2D eigenvalue weighted by Crippen LogP contribution is 2.21. The Kier molecular flexibility index (Phi) is 3.19. The monoisotopic (exact) mass is 193 g/mol. The number of amides is 1. The summed E-state index contributed by atoms with van der Waals surface area (Å²) in [6.07, 6.45) is 3.37. The topological polar surface area (TPSA) is 54.0 Å². The first-order valence-electron chi connectivity index (χ1n) is 4.46. The molecule has 1 amide bonds. The molecule has 4 nitrogen and oxygen atoms in total. The zero-order valence-electron chi connectivity index (χ0n) is 8.66. The number of hydrazine groups is 1. The Balaban J connectivity index is 2.90. The van der Waals surface area contributed by atoms with E-state index in [1.165, 1.54) is 0 Å². The van der Waals surface area contributed by atoms with Gasteiger partial charge in [-0.25, -0.2) is 5.43 Å². The molecule has 4 heteroatoms. The number of hydrogen-bond acceptors (Lipinski definition) is 3. The molecule has 0 atom stereocenters. The Morgan fingerprint density at radius 2 is 1.93 bits per heavy atom. The lowest BCUT2D eigenvalue weighted by molar-refractivity contribution is -0.126. The van der Waals surface area contributed by atoms with Crippen molar-refractivity contribution in [2.75, 3.05) is 7.05 Å². The van der Waals surface area contributed by atoms with E-state index in [0.717, 1.165) is 5.56 Å². The Hall–Kier alpha value is -1.42. The highest BCUT2D eigenvalue weighted by atomic mass is 16.2. The van der Waals surface area contributed by atoms with Crippen molar-refractivity contribution in [3.63, 3.8) is 0 Å². The number of carbonyl (C=O) groups is 1. The molecule has 0 saturated heterocycles. The van der Waals surface area contributed by atoms with Gasteiger partial charge in [0.15, 0.2) is 0 Å². The van der Waals surface area contributed by atoms with E-state index in [4.69, 9.17) is 0 Å². The van der Waals surface area contributed by atoms with E-state index >= 15 is 0 Å². The van der Waals surface area contributed by atoms with Crippen molar-refractivity contribution in [2.45, 2.75) is 19.3 Å². The highest BCUT2D eigenvalue weighted by Gasteiger charge is 2.29. The molecule has 0 aliphatic carbocycles. The molecule has 0 aliphatic heterocycles. The van der Waals surface area contributed by atoms with Crippen LogP contribution >= 0.6 is 0 Å². The van der Waals surface area contributed by atoms with Crippen LogP contribution in [0, 0.1) is 0 Å². The normalized spacial score (nSPS) is 11.1. The summed E-state index contributed by atoms with van der Waals surface area (Å²) in [6, 6.07) is 3.68. The molecule has 1 aromatic heterocycles. The third-order valence-electron chi connectivity index (χ3n) is 2.21. The maximum absolute atomic E-state index is 11.7. The van der Waals surface area contributed by atoms with Gasteiger partial charge in [-0.15, -0.1) is 0 Å². The fourth-order valence-electron chi connectivity index (χ4n) is 1.17. The molecule has 1 heterocycles. The van der Waals surface area contributed by atoms with Crippen LogP contribution in [0.1, 0.15) is 19.4 Å². The van der Waals surface area contributed by atoms with Crippen LogP contribution in [0.4, 0.5) is 0 Å². The smallest absolute Gasteiger partial charge is 0.244 e. The average molecular weight is 193 g/mol. The van der Waals surface area contributed by atoms with Gasteiger partial charge in [0, 0.05) is 19.4 Å². The summed E-state index contributed by atoms with van der Waals surface area (Å²) in [5.74, 6) is -0.0637. The molecule has 0 fully saturated rings. The van der Waals surface area contributed by atoms with E-state index < -0.39 is 5.41 Å². The second-order valence-corrected chi connectivity index (χ2v) is 3.57. The highest BCUT2D eigenvalue weighted by molar-refractivity contribution is 5.86. The zero-order chi connectivity index (χ0) is 10.6. The molecule has 76 valence electrons. The summed E-state index contributed by atoms with van der Waals surface area (Å²) >= 11 is 0. The molecular weight excluding hydrogens is 178 g/mol. The number of nitrogens with one attached hydrogen (secondary N) is 2. The predicted octanol–water partition coefficient (Wildman–Crippen LogP) is 0.610. The Morgan fingerprint density at radius 1 is 1.36 bits per heavy atom. The third kappa shape index (κ3) is 2.09. The minimum Gasteiger partial charge on any atom is -0.291 e. The number of rotatable bonds is 3. The number of pyridine rings is 1. The molecule has 2 N–H and O–H groups in total. The number of carbonyl (C=O) groups excluding carboxylic acids is 1. The molecule has 0 spiro atoms. The van der Waals surface area contributed by atoms with Crippen molar-refractivity contribution < 1.29 is 4.79 Å². The minimum absolute atomic E-state index is 0.0637. The minimum atomic E-state index is -0.550. The first kappa shape index (κ1) is 10.7. The molecule has 0 radical (unpaired) electrons. The van der Waals surface area contributed by atoms with Gasteiger partial charge in [-0.2, -0.15) is 0 Å². The summed E-state index contributed by atoms with van der Waals surface area (Å²) in [5, 5.41) is 0. The van der Waals surface area contributed by atoms with Crippen molar-refractivity contribution in [1.82, 2.24) is 15.8 Å². The van der Waals surface area contributed by atoms with Gasteiger partial charge < -0.3 is 0 Å². The van der Waals surface area contributed by atoms with Gasteiger partial charge in [0.25, 0.3) is 0 Å². The Morgan fingerprint density at radius 3 is 2.43 bits per heavy atom. The fraction of sp³-hybridized carbons (Fsp3) is 0.400. The third-order valence-corrected chi connectivity index (χ3v) is 2.21. The predicted molar refractivity (Wildman–Crippen MR) is 54.5 cm³/mol. The van der Waals surface area contributed by atoms with E-state index in [1.807, 2.05) is 26.0 Å². The second-order valence-electron chi connectivity index (χ2n) is 3.57. The molecule has 14 heavy (non-hydrogen) atoms. The summed E-state index contributed by atoms with van der Waals surface area (Å²) in [5.41, 5.74) is 5.60. The van der Waals surface area contributed by atoms with Crippen molar-refractivity contribution in [3.8, 4) is 0 Å². The van der Waals surface area contributed by atoms with E-state index in [-0.39, 0.29) is 5.91 Å². The molecule has 0 unspecified atom stereocenters. The Labute approximate surface area is 83.7 Å². The van der Waals surface area contributed by atoms with E-state index in [0.29, 0.717) is 0 Å². The van der Waals surface area contributed by atoms with Crippen molar-refractivity contribution in [1.29, 1.82) is 0 Å². The van der Waals surface area contributed by atoms with Crippen molar-refractivity contribution in [3.05, 3.63) is 30.1 Å². The SMILES string of the molecule is CNNC(=O)C(C)(C)c1ccncc1. The summed E-state index contributed by atoms with van der Waals surface area (Å²) in [6.45, 7) is 3.74. The van der Waals surface area contributed by atoms with E-state index in [2.05, 4.69) is 15.8 Å². The number of nitrogens with zero attached hydrogens (tertiary/aromatic N) is 1. The first-order chi connectivity index (χ1) is 6.59. The van der Waals surface area contributed by atoms with E-state index in [9.17, 15) is 4.79 Å². The van der Waals surface area contributed by atoms with E-state index in [1.54, 1.807) is 19.4 Å². The summed E-state index contributed by atoms with van der Waals surface area (Å²) in [4.78, 5) is 15.6. The lowest BCUT2D eigenvalue weighted by Gasteiger charge is -2.23. The number of aromatic nitrogens is 1. The van der Waals surface area contributed by atoms with Crippen LogP contribution in [0.25, 0.3) is 0 Å². The first-order valence-corrected chi connectivity index (χ1v) is 4.46. The van der Waals surface area contributed by atoms with Crippen molar-refractivity contribution in [2.24, 2.45) is 0 Å². The molecular formula is C10H15N3O. The summed E-state index contributed by atoms with van der Waals surface area (Å²) < 4.78 is 0. The van der Waals surface area contributed by atoms with Gasteiger partial charge in [-0.3, -0.25) is 15.2 Å². The maximum Gasteiger partial charge on any atom is 0.244 e. The molecule has 0 aromatic carbocycles. The van der Waals surface area contributed by atoms with Crippen LogP contribution in [0.2, 0.25) is 0 Å². The quantitative estimate of drug-likeness (QED) is 0.691. The standard InChI is InChI=1S/C10H15N3O/c1-10(2,9(14)13-11-3)8-4-6-12-7-5-8/h4-7,11H,1-3H3,(H,13,14). The molecule has 0 aliphatic rings. The largest absolute Gasteiger partial charge is 0.291 e. The molecule has 1 rings (SSSR count). The van der Waals surface area contributed by atoms with Gasteiger partial charge in [-0.05, 0) is 31.5 Å². The maximum atomic E-state index is 11.7. The van der Waals surface area contributed by atoms with Crippen molar-refractivity contribution >= 4 is 5.91 Å². The molecule has 0 saturated carbocycles. The van der Waals surface area contributed by atoms with Crippen LogP contribution in [-0.2, 0) is 10.2 Å². The lowest BCUT2D eigenvalue weighted by atomic mass is 9.84. The van der Waals surface area contributed by atoms with Crippen LogP contribution < -0.4 is 10.9 Å². The zero-order valence-corrected chi connectivity index (χ0v) is 8.66. The van der Waals surface area contributed by atoms with Crippen LogP contribution in [0.5, 0.6) is 0 Å². The fourth-order valence-corrected chi connectivity index (χ4v) is 1.17. The van der Waals surface area contributed by atoms with Gasteiger partial charge in [-0.1, -0.05) is 0 Å². The van der Waals surface area contributed by atoms with Gasteiger partial charge in [0.1, 0.15) is 0 Å². The van der Waals surface area contributed by atoms with Crippen LogP contribution in [0.3, 0.4) is 0 Å². The summed E-state index contributed by atoms with van der Waals surface area (Å²) in [7, 11) is 1.67. The Bertz CT molecular complexity index is 308. The molecule has 1 aromatic rings.